The largest absolute Gasteiger partial charge is 0.378 e. The van der Waals surface area contributed by atoms with Crippen molar-refractivity contribution < 1.29 is 9.53 Å². The SMILES string of the molecule is O=C(c1cnc(N2CCOCC2)cn1)N1CCCCCC1. The van der Waals surface area contributed by atoms with Gasteiger partial charge in [-0.15, -0.1) is 0 Å². The Kier molecular flexibility index (Phi) is 4.65. The van der Waals surface area contributed by atoms with E-state index in [0.29, 0.717) is 5.69 Å². The van der Waals surface area contributed by atoms with Crippen LogP contribution in [0.25, 0.3) is 0 Å². The lowest BCUT2D eigenvalue weighted by Crippen LogP contribution is -2.37. The number of hydrogen-bond acceptors (Lipinski definition) is 5. The fourth-order valence-electron chi connectivity index (χ4n) is 2.82. The molecule has 6 heteroatoms. The van der Waals surface area contributed by atoms with E-state index in [1.165, 1.54) is 12.8 Å². The van der Waals surface area contributed by atoms with Crippen molar-refractivity contribution in [1.82, 2.24) is 14.9 Å². The van der Waals surface area contributed by atoms with Gasteiger partial charge in [0.05, 0.1) is 25.6 Å². The lowest BCUT2D eigenvalue weighted by molar-refractivity contribution is 0.0755. The summed E-state index contributed by atoms with van der Waals surface area (Å²) in [5.41, 5.74) is 0.453. The number of anilines is 1. The zero-order chi connectivity index (χ0) is 14.5. The third kappa shape index (κ3) is 3.50. The fraction of sp³-hybridized carbons (Fsp3) is 0.667. The van der Waals surface area contributed by atoms with Crippen LogP contribution in [-0.2, 0) is 4.74 Å². The Bertz CT molecular complexity index is 463. The number of rotatable bonds is 2. The van der Waals surface area contributed by atoms with Crippen LogP contribution in [0, 0.1) is 0 Å². The van der Waals surface area contributed by atoms with Gasteiger partial charge in [0, 0.05) is 26.2 Å². The predicted octanol–water partition coefficient (Wildman–Crippen LogP) is 1.33. The van der Waals surface area contributed by atoms with E-state index in [9.17, 15) is 4.79 Å². The van der Waals surface area contributed by atoms with Crippen molar-refractivity contribution in [1.29, 1.82) is 0 Å². The molecular weight excluding hydrogens is 268 g/mol. The standard InChI is InChI=1S/C15H22N4O2/c20-15(19-5-3-1-2-4-6-19)13-11-17-14(12-16-13)18-7-9-21-10-8-18/h11-12H,1-10H2. The molecule has 1 aromatic heterocycles. The summed E-state index contributed by atoms with van der Waals surface area (Å²) in [7, 11) is 0. The summed E-state index contributed by atoms with van der Waals surface area (Å²) >= 11 is 0. The third-order valence-corrected chi connectivity index (χ3v) is 4.09. The molecule has 21 heavy (non-hydrogen) atoms. The Labute approximate surface area is 125 Å². The second-order valence-electron chi connectivity index (χ2n) is 5.57. The van der Waals surface area contributed by atoms with E-state index in [4.69, 9.17) is 4.74 Å². The Balaban J connectivity index is 1.66. The molecule has 0 bridgehead atoms. The van der Waals surface area contributed by atoms with E-state index in [-0.39, 0.29) is 5.91 Å². The molecule has 1 amide bonds. The van der Waals surface area contributed by atoms with Crippen LogP contribution in [0.1, 0.15) is 36.2 Å². The van der Waals surface area contributed by atoms with Crippen molar-refractivity contribution in [2.24, 2.45) is 0 Å². The minimum absolute atomic E-state index is 0.0120. The van der Waals surface area contributed by atoms with Crippen LogP contribution in [0.15, 0.2) is 12.4 Å². The first-order chi connectivity index (χ1) is 10.3. The quantitative estimate of drug-likeness (QED) is 0.822. The smallest absolute Gasteiger partial charge is 0.274 e. The summed E-state index contributed by atoms with van der Waals surface area (Å²) in [5, 5.41) is 0. The van der Waals surface area contributed by atoms with E-state index >= 15 is 0 Å². The average molecular weight is 290 g/mol. The fourth-order valence-corrected chi connectivity index (χ4v) is 2.82. The second kappa shape index (κ2) is 6.85. The van der Waals surface area contributed by atoms with Gasteiger partial charge in [0.25, 0.3) is 5.91 Å². The minimum atomic E-state index is 0.0120. The maximum Gasteiger partial charge on any atom is 0.274 e. The number of carbonyl (C=O) groups is 1. The normalized spacial score (nSPS) is 20.2. The van der Waals surface area contributed by atoms with Gasteiger partial charge in [0.2, 0.25) is 0 Å². The second-order valence-corrected chi connectivity index (χ2v) is 5.57. The predicted molar refractivity (Wildman–Crippen MR) is 79.4 cm³/mol. The zero-order valence-corrected chi connectivity index (χ0v) is 12.3. The first-order valence-electron chi connectivity index (χ1n) is 7.78. The van der Waals surface area contributed by atoms with Crippen molar-refractivity contribution in [2.75, 3.05) is 44.3 Å². The van der Waals surface area contributed by atoms with Crippen LogP contribution in [0.2, 0.25) is 0 Å². The van der Waals surface area contributed by atoms with E-state index in [0.717, 1.165) is 58.1 Å². The molecule has 0 aliphatic carbocycles. The molecule has 1 aromatic rings. The number of aromatic nitrogens is 2. The zero-order valence-electron chi connectivity index (χ0n) is 12.3. The van der Waals surface area contributed by atoms with Crippen molar-refractivity contribution in [3.63, 3.8) is 0 Å². The lowest BCUT2D eigenvalue weighted by atomic mass is 10.2. The van der Waals surface area contributed by atoms with Gasteiger partial charge in [-0.3, -0.25) is 4.79 Å². The first-order valence-corrected chi connectivity index (χ1v) is 7.78. The Morgan fingerprint density at radius 3 is 2.29 bits per heavy atom. The highest BCUT2D eigenvalue weighted by atomic mass is 16.5. The highest BCUT2D eigenvalue weighted by Gasteiger charge is 2.19. The van der Waals surface area contributed by atoms with Gasteiger partial charge in [-0.1, -0.05) is 12.8 Å². The number of likely N-dealkylation sites (tertiary alicyclic amines) is 1. The summed E-state index contributed by atoms with van der Waals surface area (Å²) in [4.78, 5) is 25.2. The first kappa shape index (κ1) is 14.3. The van der Waals surface area contributed by atoms with Crippen molar-refractivity contribution >= 4 is 11.7 Å². The summed E-state index contributed by atoms with van der Waals surface area (Å²) in [6.07, 6.45) is 7.92. The molecule has 0 N–H and O–H groups in total. The van der Waals surface area contributed by atoms with Crippen LogP contribution < -0.4 is 4.90 Å². The summed E-state index contributed by atoms with van der Waals surface area (Å²) < 4.78 is 5.32. The molecule has 0 spiro atoms. The van der Waals surface area contributed by atoms with Crippen LogP contribution >= 0.6 is 0 Å². The molecule has 114 valence electrons. The van der Waals surface area contributed by atoms with E-state index in [1.54, 1.807) is 12.4 Å². The molecule has 2 fully saturated rings. The van der Waals surface area contributed by atoms with Crippen molar-refractivity contribution in [3.8, 4) is 0 Å². The molecule has 2 aliphatic heterocycles. The van der Waals surface area contributed by atoms with E-state index in [1.807, 2.05) is 4.90 Å². The molecule has 2 saturated heterocycles. The van der Waals surface area contributed by atoms with Crippen LogP contribution in [-0.4, -0.2) is 60.2 Å². The molecule has 6 nitrogen and oxygen atoms in total. The number of nitrogens with zero attached hydrogens (tertiary/aromatic N) is 4. The lowest BCUT2D eigenvalue weighted by Gasteiger charge is -2.27. The molecule has 0 aromatic carbocycles. The maximum atomic E-state index is 12.4. The summed E-state index contributed by atoms with van der Waals surface area (Å²) in [5.74, 6) is 0.837. The van der Waals surface area contributed by atoms with Crippen LogP contribution in [0.4, 0.5) is 5.82 Å². The topological polar surface area (TPSA) is 58.6 Å². The number of amides is 1. The van der Waals surface area contributed by atoms with E-state index < -0.39 is 0 Å². The van der Waals surface area contributed by atoms with Gasteiger partial charge in [-0.05, 0) is 12.8 Å². The molecule has 3 rings (SSSR count). The van der Waals surface area contributed by atoms with Gasteiger partial charge < -0.3 is 14.5 Å². The maximum absolute atomic E-state index is 12.4. The van der Waals surface area contributed by atoms with Gasteiger partial charge in [-0.2, -0.15) is 0 Å². The van der Waals surface area contributed by atoms with Gasteiger partial charge >= 0.3 is 0 Å². The van der Waals surface area contributed by atoms with Crippen LogP contribution in [0.5, 0.6) is 0 Å². The van der Waals surface area contributed by atoms with Crippen LogP contribution in [0.3, 0.4) is 0 Å². The molecule has 0 saturated carbocycles. The molecule has 3 heterocycles. The summed E-state index contributed by atoms with van der Waals surface area (Å²) in [6, 6.07) is 0. The highest BCUT2D eigenvalue weighted by Crippen LogP contribution is 2.14. The molecule has 0 atom stereocenters. The Morgan fingerprint density at radius 1 is 0.952 bits per heavy atom. The monoisotopic (exact) mass is 290 g/mol. The number of hydrogen-bond donors (Lipinski definition) is 0. The highest BCUT2D eigenvalue weighted by molar-refractivity contribution is 5.92. The molecule has 2 aliphatic rings. The number of carbonyl (C=O) groups excluding carboxylic acids is 1. The number of ether oxygens (including phenoxy) is 1. The summed E-state index contributed by atoms with van der Waals surface area (Å²) in [6.45, 7) is 4.77. The van der Waals surface area contributed by atoms with Crippen molar-refractivity contribution in [3.05, 3.63) is 18.1 Å². The Hall–Kier alpha value is -1.69. The minimum Gasteiger partial charge on any atom is -0.378 e. The van der Waals surface area contributed by atoms with Gasteiger partial charge in [-0.25, -0.2) is 9.97 Å². The average Bonchev–Trinajstić information content (AvgIpc) is 2.84. The van der Waals surface area contributed by atoms with Gasteiger partial charge in [0.15, 0.2) is 0 Å². The molecule has 0 unspecified atom stereocenters. The number of morpholine rings is 1. The van der Waals surface area contributed by atoms with E-state index in [2.05, 4.69) is 14.9 Å². The van der Waals surface area contributed by atoms with Crippen molar-refractivity contribution in [2.45, 2.75) is 25.7 Å². The molecule has 0 radical (unpaired) electrons. The third-order valence-electron chi connectivity index (χ3n) is 4.09. The van der Waals surface area contributed by atoms with Gasteiger partial charge in [0.1, 0.15) is 11.5 Å². The molecular formula is C15H22N4O2. The Morgan fingerprint density at radius 2 is 1.67 bits per heavy atom.